The normalized spacial score (nSPS) is 10.5. The van der Waals surface area contributed by atoms with Gasteiger partial charge in [0.2, 0.25) is 0 Å². The molecule has 1 aromatic heterocycles. The molecule has 4 nitrogen and oxygen atoms in total. The average Bonchev–Trinajstić information content (AvgIpc) is 2.98. The lowest BCUT2D eigenvalue weighted by atomic mass is 10.1. The molecule has 0 bridgehead atoms. The Balaban J connectivity index is 1.90. The monoisotopic (exact) mass is 283 g/mol. The van der Waals surface area contributed by atoms with Crippen LogP contribution in [0.5, 0.6) is 0 Å². The Morgan fingerprint density at radius 2 is 1.62 bits per heavy atom. The second-order valence-corrected chi connectivity index (χ2v) is 4.47. The predicted molar refractivity (Wildman–Crippen MR) is 74.3 cm³/mol. The highest BCUT2D eigenvalue weighted by molar-refractivity contribution is 5.88. The van der Waals surface area contributed by atoms with Crippen molar-refractivity contribution in [3.63, 3.8) is 0 Å². The van der Waals surface area contributed by atoms with Gasteiger partial charge in [0, 0.05) is 17.2 Å². The van der Waals surface area contributed by atoms with Gasteiger partial charge in [0.1, 0.15) is 11.5 Å². The standard InChI is InChI=1S/C16H10FNO3/c17-13-7-5-10(6-8-13)14-9-15(21-18-14)11-1-3-12(4-2-11)16(19)20/h1-9H,(H,19,20). The van der Waals surface area contributed by atoms with Crippen LogP contribution < -0.4 is 0 Å². The van der Waals surface area contributed by atoms with Crippen LogP contribution in [0.3, 0.4) is 0 Å². The molecule has 5 heteroatoms. The molecule has 0 atom stereocenters. The van der Waals surface area contributed by atoms with E-state index in [4.69, 9.17) is 9.63 Å². The summed E-state index contributed by atoms with van der Waals surface area (Å²) >= 11 is 0. The van der Waals surface area contributed by atoms with Gasteiger partial charge in [-0.05, 0) is 36.4 Å². The second-order valence-electron chi connectivity index (χ2n) is 4.47. The van der Waals surface area contributed by atoms with Crippen LogP contribution in [0.2, 0.25) is 0 Å². The molecule has 3 aromatic rings. The van der Waals surface area contributed by atoms with E-state index < -0.39 is 5.97 Å². The molecule has 0 unspecified atom stereocenters. The van der Waals surface area contributed by atoms with Crippen molar-refractivity contribution in [1.82, 2.24) is 5.16 Å². The third-order valence-corrected chi connectivity index (χ3v) is 3.07. The summed E-state index contributed by atoms with van der Waals surface area (Å²) in [6.07, 6.45) is 0. The Bertz CT molecular complexity index is 776. The maximum Gasteiger partial charge on any atom is 0.335 e. The fourth-order valence-electron chi connectivity index (χ4n) is 1.95. The van der Waals surface area contributed by atoms with Gasteiger partial charge in [0.15, 0.2) is 5.76 Å². The average molecular weight is 283 g/mol. The van der Waals surface area contributed by atoms with Gasteiger partial charge >= 0.3 is 5.97 Å². The first-order chi connectivity index (χ1) is 10.1. The van der Waals surface area contributed by atoms with E-state index in [9.17, 15) is 9.18 Å². The zero-order valence-electron chi connectivity index (χ0n) is 10.8. The Labute approximate surface area is 119 Å². The van der Waals surface area contributed by atoms with E-state index in [1.807, 2.05) is 0 Å². The Morgan fingerprint density at radius 1 is 1.00 bits per heavy atom. The number of hydrogen-bond donors (Lipinski definition) is 1. The van der Waals surface area contributed by atoms with Crippen LogP contribution in [0.25, 0.3) is 22.6 Å². The summed E-state index contributed by atoms with van der Waals surface area (Å²) in [6.45, 7) is 0. The molecule has 1 heterocycles. The summed E-state index contributed by atoms with van der Waals surface area (Å²) in [4.78, 5) is 10.8. The molecule has 21 heavy (non-hydrogen) atoms. The van der Waals surface area contributed by atoms with Gasteiger partial charge in [-0.25, -0.2) is 9.18 Å². The van der Waals surface area contributed by atoms with E-state index in [1.165, 1.54) is 24.3 Å². The van der Waals surface area contributed by atoms with E-state index in [0.29, 0.717) is 11.5 Å². The molecule has 0 spiro atoms. The molecule has 104 valence electrons. The van der Waals surface area contributed by atoms with Crippen molar-refractivity contribution in [3.05, 3.63) is 66.0 Å². The summed E-state index contributed by atoms with van der Waals surface area (Å²) < 4.78 is 18.1. The highest BCUT2D eigenvalue weighted by Crippen LogP contribution is 2.26. The molecule has 3 rings (SSSR count). The summed E-state index contributed by atoms with van der Waals surface area (Å²) in [5, 5.41) is 12.8. The van der Waals surface area contributed by atoms with Crippen LogP contribution in [0.15, 0.2) is 59.1 Å². The summed E-state index contributed by atoms with van der Waals surface area (Å²) in [7, 11) is 0. The minimum atomic E-state index is -0.980. The van der Waals surface area contributed by atoms with Gasteiger partial charge in [0.05, 0.1) is 5.56 Å². The maximum absolute atomic E-state index is 12.9. The minimum absolute atomic E-state index is 0.206. The molecule has 0 aliphatic rings. The van der Waals surface area contributed by atoms with Crippen molar-refractivity contribution in [2.24, 2.45) is 0 Å². The number of aromatic carboxylic acids is 1. The molecule has 0 saturated carbocycles. The Morgan fingerprint density at radius 3 is 2.24 bits per heavy atom. The van der Waals surface area contributed by atoms with Gasteiger partial charge in [-0.3, -0.25) is 0 Å². The Hall–Kier alpha value is -2.95. The predicted octanol–water partition coefficient (Wildman–Crippen LogP) is 3.85. The fraction of sp³-hybridized carbons (Fsp3) is 0. The molecular weight excluding hydrogens is 273 g/mol. The minimum Gasteiger partial charge on any atom is -0.478 e. The first-order valence-electron chi connectivity index (χ1n) is 6.20. The van der Waals surface area contributed by atoms with Crippen molar-refractivity contribution in [2.75, 3.05) is 0 Å². The number of rotatable bonds is 3. The fourth-order valence-corrected chi connectivity index (χ4v) is 1.95. The molecule has 0 aliphatic carbocycles. The molecule has 2 aromatic carbocycles. The lowest BCUT2D eigenvalue weighted by Crippen LogP contribution is -1.94. The van der Waals surface area contributed by atoms with E-state index in [1.54, 1.807) is 30.3 Å². The number of hydrogen-bond acceptors (Lipinski definition) is 3. The topological polar surface area (TPSA) is 63.3 Å². The van der Waals surface area contributed by atoms with Crippen molar-refractivity contribution in [1.29, 1.82) is 0 Å². The highest BCUT2D eigenvalue weighted by atomic mass is 19.1. The van der Waals surface area contributed by atoms with Crippen molar-refractivity contribution in [3.8, 4) is 22.6 Å². The molecule has 0 saturated heterocycles. The maximum atomic E-state index is 12.9. The van der Waals surface area contributed by atoms with E-state index in [2.05, 4.69) is 5.16 Å². The highest BCUT2D eigenvalue weighted by Gasteiger charge is 2.10. The summed E-state index contributed by atoms with van der Waals surface area (Å²) in [5.74, 6) is -0.774. The van der Waals surface area contributed by atoms with Gasteiger partial charge in [-0.1, -0.05) is 17.3 Å². The van der Waals surface area contributed by atoms with E-state index >= 15 is 0 Å². The molecule has 0 fully saturated rings. The van der Waals surface area contributed by atoms with E-state index in [-0.39, 0.29) is 11.4 Å². The number of halogens is 1. The van der Waals surface area contributed by atoms with Crippen molar-refractivity contribution in [2.45, 2.75) is 0 Å². The third kappa shape index (κ3) is 2.67. The molecule has 1 N–H and O–H groups in total. The lowest BCUT2D eigenvalue weighted by Gasteiger charge is -1.96. The number of nitrogens with zero attached hydrogens (tertiary/aromatic N) is 1. The van der Waals surface area contributed by atoms with Crippen molar-refractivity contribution < 1.29 is 18.8 Å². The van der Waals surface area contributed by atoms with Gasteiger partial charge in [-0.2, -0.15) is 0 Å². The Kier molecular flexibility index (Phi) is 3.23. The number of benzene rings is 2. The number of carboxylic acids is 1. The zero-order chi connectivity index (χ0) is 14.8. The molecule has 0 aliphatic heterocycles. The summed E-state index contributed by atoms with van der Waals surface area (Å²) in [6, 6.07) is 14.0. The van der Waals surface area contributed by atoms with Gasteiger partial charge in [-0.15, -0.1) is 0 Å². The van der Waals surface area contributed by atoms with Crippen LogP contribution in [0.1, 0.15) is 10.4 Å². The SMILES string of the molecule is O=C(O)c1ccc(-c2cc(-c3ccc(F)cc3)no2)cc1. The number of carboxylic acid groups (broad SMARTS) is 1. The van der Waals surface area contributed by atoms with Gasteiger partial charge < -0.3 is 9.63 Å². The summed E-state index contributed by atoms with van der Waals surface area (Å²) in [5.41, 5.74) is 2.26. The molecular formula is C16H10FNO3. The largest absolute Gasteiger partial charge is 0.478 e. The second kappa shape index (κ2) is 5.20. The quantitative estimate of drug-likeness (QED) is 0.793. The van der Waals surface area contributed by atoms with Gasteiger partial charge in [0.25, 0.3) is 0 Å². The van der Waals surface area contributed by atoms with Crippen LogP contribution in [-0.4, -0.2) is 16.2 Å². The van der Waals surface area contributed by atoms with Crippen LogP contribution >= 0.6 is 0 Å². The number of carbonyl (C=O) groups is 1. The first-order valence-corrected chi connectivity index (χ1v) is 6.20. The van der Waals surface area contributed by atoms with Crippen molar-refractivity contribution >= 4 is 5.97 Å². The molecule has 0 amide bonds. The third-order valence-electron chi connectivity index (χ3n) is 3.07. The first kappa shape index (κ1) is 13.1. The lowest BCUT2D eigenvalue weighted by molar-refractivity contribution is 0.0697. The smallest absolute Gasteiger partial charge is 0.335 e. The van der Waals surface area contributed by atoms with Crippen LogP contribution in [0, 0.1) is 5.82 Å². The zero-order valence-corrected chi connectivity index (χ0v) is 10.8. The molecule has 0 radical (unpaired) electrons. The number of aromatic nitrogens is 1. The van der Waals surface area contributed by atoms with Crippen LogP contribution in [-0.2, 0) is 0 Å². The van der Waals surface area contributed by atoms with Crippen LogP contribution in [0.4, 0.5) is 4.39 Å². The van der Waals surface area contributed by atoms with E-state index in [0.717, 1.165) is 11.1 Å².